The van der Waals surface area contributed by atoms with E-state index in [1.165, 1.54) is 0 Å². The summed E-state index contributed by atoms with van der Waals surface area (Å²) in [6.07, 6.45) is -0.629. The molecule has 0 aliphatic carbocycles. The number of hydrogen-bond donors (Lipinski definition) is 1. The number of fused-ring (bicyclic) bond motifs is 1. The van der Waals surface area contributed by atoms with E-state index in [-0.39, 0.29) is 11.3 Å². The molecule has 1 N–H and O–H groups in total. The van der Waals surface area contributed by atoms with Crippen LogP contribution >= 0.6 is 23.2 Å². The number of H-pyrrole nitrogens is 1. The number of nitrogens with one attached hydrogen (secondary N) is 1. The lowest BCUT2D eigenvalue weighted by atomic mass is 10.1. The van der Waals surface area contributed by atoms with Gasteiger partial charge in [-0.3, -0.25) is 4.79 Å². The van der Waals surface area contributed by atoms with Crippen molar-refractivity contribution in [3.05, 3.63) is 74.1 Å². The minimum Gasteiger partial charge on any atom is -0.453 e. The van der Waals surface area contributed by atoms with Gasteiger partial charge in [-0.1, -0.05) is 41.4 Å². The number of nitrogens with zero attached hydrogens (tertiary/aromatic N) is 1. The second-order valence-electron chi connectivity index (χ2n) is 5.16. The SMILES string of the molecule is CC(OC(=O)c1n[nH]c(=O)c2ccccc12)c1cc(Cl)ccc1Cl. The van der Waals surface area contributed by atoms with Gasteiger partial charge in [-0.2, -0.15) is 5.10 Å². The van der Waals surface area contributed by atoms with Crippen LogP contribution < -0.4 is 5.56 Å². The molecule has 5 nitrogen and oxygen atoms in total. The van der Waals surface area contributed by atoms with E-state index < -0.39 is 12.1 Å². The summed E-state index contributed by atoms with van der Waals surface area (Å²) < 4.78 is 5.44. The highest BCUT2D eigenvalue weighted by molar-refractivity contribution is 6.33. The Labute approximate surface area is 147 Å². The van der Waals surface area contributed by atoms with Crippen molar-refractivity contribution < 1.29 is 9.53 Å². The van der Waals surface area contributed by atoms with Crippen molar-refractivity contribution in [2.45, 2.75) is 13.0 Å². The van der Waals surface area contributed by atoms with Crippen molar-refractivity contribution in [2.75, 3.05) is 0 Å². The highest BCUT2D eigenvalue weighted by Gasteiger charge is 2.20. The summed E-state index contributed by atoms with van der Waals surface area (Å²) in [6, 6.07) is 11.6. The molecule has 0 aliphatic heterocycles. The number of halogens is 2. The van der Waals surface area contributed by atoms with Gasteiger partial charge in [-0.15, -0.1) is 0 Å². The number of carbonyl (C=O) groups excluding carboxylic acids is 1. The van der Waals surface area contributed by atoms with E-state index in [2.05, 4.69) is 10.2 Å². The van der Waals surface area contributed by atoms with Gasteiger partial charge in [-0.05, 0) is 31.2 Å². The third-order valence-corrected chi connectivity index (χ3v) is 4.15. The molecule has 1 atom stereocenters. The molecule has 0 amide bonds. The lowest BCUT2D eigenvalue weighted by Crippen LogP contribution is -2.17. The summed E-state index contributed by atoms with van der Waals surface area (Å²) >= 11 is 12.1. The summed E-state index contributed by atoms with van der Waals surface area (Å²) in [7, 11) is 0. The number of esters is 1. The fourth-order valence-electron chi connectivity index (χ4n) is 2.38. The van der Waals surface area contributed by atoms with Crippen LogP contribution in [0.25, 0.3) is 10.8 Å². The summed E-state index contributed by atoms with van der Waals surface area (Å²) in [4.78, 5) is 24.2. The predicted octanol–water partition coefficient (Wildman–Crippen LogP) is 4.15. The Balaban J connectivity index is 1.94. The standard InChI is InChI=1S/C17H12Cl2N2O3/c1-9(13-8-10(18)6-7-14(13)19)24-17(23)15-11-4-2-3-5-12(11)16(22)21-20-15/h2-9H,1H3,(H,21,22). The number of ether oxygens (including phenoxy) is 1. The molecule has 0 fully saturated rings. The second-order valence-corrected chi connectivity index (χ2v) is 6.00. The van der Waals surface area contributed by atoms with Crippen LogP contribution in [0, 0.1) is 0 Å². The molecule has 1 aromatic heterocycles. The molecule has 1 unspecified atom stereocenters. The zero-order chi connectivity index (χ0) is 17.3. The molecule has 122 valence electrons. The Kier molecular flexibility index (Phi) is 4.55. The molecule has 0 radical (unpaired) electrons. The zero-order valence-electron chi connectivity index (χ0n) is 12.5. The van der Waals surface area contributed by atoms with Crippen LogP contribution in [0.5, 0.6) is 0 Å². The van der Waals surface area contributed by atoms with E-state index in [9.17, 15) is 9.59 Å². The largest absolute Gasteiger partial charge is 0.453 e. The van der Waals surface area contributed by atoms with Crippen molar-refractivity contribution >= 4 is 39.9 Å². The van der Waals surface area contributed by atoms with Crippen LogP contribution in [0.1, 0.15) is 29.1 Å². The first kappa shape index (κ1) is 16.5. The number of benzene rings is 2. The molecule has 3 rings (SSSR count). The van der Waals surface area contributed by atoms with Crippen LogP contribution in [-0.4, -0.2) is 16.2 Å². The van der Waals surface area contributed by atoms with Crippen molar-refractivity contribution in [1.29, 1.82) is 0 Å². The molecular weight excluding hydrogens is 351 g/mol. The first-order valence-corrected chi connectivity index (χ1v) is 7.86. The van der Waals surface area contributed by atoms with Crippen LogP contribution in [0.2, 0.25) is 10.0 Å². The van der Waals surface area contributed by atoms with Gasteiger partial charge in [0.25, 0.3) is 5.56 Å². The van der Waals surface area contributed by atoms with E-state index in [1.807, 2.05) is 0 Å². The molecular formula is C17H12Cl2N2O3. The molecule has 0 bridgehead atoms. The zero-order valence-corrected chi connectivity index (χ0v) is 14.1. The van der Waals surface area contributed by atoms with Crippen molar-refractivity contribution in [1.82, 2.24) is 10.2 Å². The first-order valence-electron chi connectivity index (χ1n) is 7.10. The Morgan fingerprint density at radius 3 is 2.62 bits per heavy atom. The maximum Gasteiger partial charge on any atom is 0.360 e. The third kappa shape index (κ3) is 3.13. The lowest BCUT2D eigenvalue weighted by Gasteiger charge is -2.15. The van der Waals surface area contributed by atoms with Crippen LogP contribution in [0.15, 0.2) is 47.3 Å². The Morgan fingerprint density at radius 1 is 1.17 bits per heavy atom. The fraction of sp³-hybridized carbons (Fsp3) is 0.118. The van der Waals surface area contributed by atoms with Crippen LogP contribution in [-0.2, 0) is 4.74 Å². The van der Waals surface area contributed by atoms with E-state index in [4.69, 9.17) is 27.9 Å². The number of carbonyl (C=O) groups is 1. The normalized spacial score (nSPS) is 12.1. The van der Waals surface area contributed by atoms with E-state index in [0.29, 0.717) is 26.4 Å². The second kappa shape index (κ2) is 6.63. The van der Waals surface area contributed by atoms with Gasteiger partial charge in [-0.25, -0.2) is 9.89 Å². The molecule has 7 heteroatoms. The van der Waals surface area contributed by atoms with Crippen LogP contribution in [0.3, 0.4) is 0 Å². The minimum atomic E-state index is -0.661. The van der Waals surface area contributed by atoms with E-state index >= 15 is 0 Å². The van der Waals surface area contributed by atoms with Crippen molar-refractivity contribution in [2.24, 2.45) is 0 Å². The number of aromatic amines is 1. The Bertz CT molecular complexity index is 985. The first-order chi connectivity index (χ1) is 11.5. The molecule has 24 heavy (non-hydrogen) atoms. The van der Waals surface area contributed by atoms with E-state index in [1.54, 1.807) is 49.4 Å². The average molecular weight is 363 g/mol. The number of aromatic nitrogens is 2. The minimum absolute atomic E-state index is 0.0372. The Hall–Kier alpha value is -2.37. The summed E-state index contributed by atoms with van der Waals surface area (Å²) in [5.74, 6) is -0.661. The maximum absolute atomic E-state index is 12.5. The third-order valence-electron chi connectivity index (χ3n) is 3.57. The van der Waals surface area contributed by atoms with Crippen LogP contribution in [0.4, 0.5) is 0 Å². The molecule has 1 heterocycles. The predicted molar refractivity (Wildman–Crippen MR) is 92.7 cm³/mol. The molecule has 0 spiro atoms. The summed E-state index contributed by atoms with van der Waals surface area (Å²) in [6.45, 7) is 1.68. The van der Waals surface area contributed by atoms with Gasteiger partial charge >= 0.3 is 5.97 Å². The Morgan fingerprint density at radius 2 is 1.88 bits per heavy atom. The number of rotatable bonds is 3. The highest BCUT2D eigenvalue weighted by atomic mass is 35.5. The van der Waals surface area contributed by atoms with Gasteiger partial charge in [0.15, 0.2) is 5.69 Å². The van der Waals surface area contributed by atoms with Crippen molar-refractivity contribution in [3.8, 4) is 0 Å². The van der Waals surface area contributed by atoms with Gasteiger partial charge < -0.3 is 4.74 Å². The summed E-state index contributed by atoms with van der Waals surface area (Å²) in [5, 5.41) is 7.85. The molecule has 3 aromatic rings. The number of hydrogen-bond acceptors (Lipinski definition) is 4. The monoisotopic (exact) mass is 362 g/mol. The highest BCUT2D eigenvalue weighted by Crippen LogP contribution is 2.29. The molecule has 0 aliphatic rings. The quantitative estimate of drug-likeness (QED) is 0.710. The van der Waals surface area contributed by atoms with Gasteiger partial charge in [0.05, 0.1) is 5.39 Å². The fourth-order valence-corrected chi connectivity index (χ4v) is 2.83. The van der Waals surface area contributed by atoms with Gasteiger partial charge in [0.2, 0.25) is 0 Å². The lowest BCUT2D eigenvalue weighted by molar-refractivity contribution is 0.0332. The van der Waals surface area contributed by atoms with Gasteiger partial charge in [0.1, 0.15) is 6.10 Å². The van der Waals surface area contributed by atoms with E-state index in [0.717, 1.165) is 0 Å². The molecule has 0 saturated carbocycles. The average Bonchev–Trinajstić information content (AvgIpc) is 2.57. The topological polar surface area (TPSA) is 72.0 Å². The maximum atomic E-state index is 12.5. The molecule has 0 saturated heterocycles. The summed E-state index contributed by atoms with van der Waals surface area (Å²) in [5.41, 5.74) is 0.259. The van der Waals surface area contributed by atoms with Gasteiger partial charge in [0, 0.05) is 21.0 Å². The smallest absolute Gasteiger partial charge is 0.360 e. The molecule has 2 aromatic carbocycles. The van der Waals surface area contributed by atoms with Crippen molar-refractivity contribution in [3.63, 3.8) is 0 Å².